The van der Waals surface area contributed by atoms with Crippen LogP contribution in [0.25, 0.3) is 22.6 Å². The number of imidazole rings is 1. The molecule has 0 spiro atoms. The van der Waals surface area contributed by atoms with Crippen molar-refractivity contribution in [1.82, 2.24) is 14.9 Å². The number of nitrogens with one attached hydrogen (secondary N) is 1. The fourth-order valence-corrected chi connectivity index (χ4v) is 4.46. The van der Waals surface area contributed by atoms with Gasteiger partial charge in [0.2, 0.25) is 0 Å². The van der Waals surface area contributed by atoms with Gasteiger partial charge in [-0.3, -0.25) is 4.79 Å². The highest BCUT2D eigenvalue weighted by Crippen LogP contribution is 2.32. The molecule has 0 bridgehead atoms. The number of rotatable bonds is 7. The van der Waals surface area contributed by atoms with E-state index in [1.165, 1.54) is 5.56 Å². The average molecular weight is 468 g/mol. The molecule has 35 heavy (non-hydrogen) atoms. The van der Waals surface area contributed by atoms with Gasteiger partial charge in [-0.05, 0) is 29.9 Å². The second-order valence-corrected chi connectivity index (χ2v) is 9.92. The number of nitrogens with zero attached hydrogens (tertiary/aromatic N) is 2. The van der Waals surface area contributed by atoms with Crippen molar-refractivity contribution in [1.29, 1.82) is 0 Å². The van der Waals surface area contributed by atoms with Crippen molar-refractivity contribution in [3.05, 3.63) is 102 Å². The van der Waals surface area contributed by atoms with Crippen LogP contribution in [0.3, 0.4) is 0 Å². The molecule has 1 amide bonds. The Kier molecular flexibility index (Phi) is 7.20. The smallest absolute Gasteiger partial charge is 0.270 e. The lowest BCUT2D eigenvalue weighted by molar-refractivity contribution is 0.0927. The molecule has 0 aliphatic heterocycles. The van der Waals surface area contributed by atoms with Crippen molar-refractivity contribution in [2.75, 3.05) is 0 Å². The Hall–Kier alpha value is -3.66. The molecule has 0 fully saturated rings. The number of amides is 1. The van der Waals surface area contributed by atoms with Crippen LogP contribution in [0.15, 0.2) is 84.9 Å². The van der Waals surface area contributed by atoms with Crippen molar-refractivity contribution in [3.63, 3.8) is 0 Å². The first-order chi connectivity index (χ1) is 16.8. The van der Waals surface area contributed by atoms with E-state index in [0.717, 1.165) is 28.9 Å². The maximum atomic E-state index is 13.9. The molecule has 0 aliphatic carbocycles. The van der Waals surface area contributed by atoms with Crippen LogP contribution in [0.1, 0.15) is 70.1 Å². The van der Waals surface area contributed by atoms with E-state index in [9.17, 15) is 4.79 Å². The van der Waals surface area contributed by atoms with E-state index < -0.39 is 0 Å². The topological polar surface area (TPSA) is 46.9 Å². The number of benzene rings is 3. The summed E-state index contributed by atoms with van der Waals surface area (Å²) in [5, 5.41) is 3.28. The van der Waals surface area contributed by atoms with Gasteiger partial charge in [-0.25, -0.2) is 4.98 Å². The zero-order valence-electron chi connectivity index (χ0n) is 21.4. The maximum Gasteiger partial charge on any atom is 0.270 e. The summed E-state index contributed by atoms with van der Waals surface area (Å²) in [7, 11) is 0. The summed E-state index contributed by atoms with van der Waals surface area (Å²) in [6.45, 7) is 11.4. The van der Waals surface area contributed by atoms with E-state index in [-0.39, 0.29) is 18.8 Å². The summed E-state index contributed by atoms with van der Waals surface area (Å²) in [6, 6.07) is 28.6. The third kappa shape index (κ3) is 5.22. The molecule has 1 heterocycles. The molecule has 0 aliphatic rings. The van der Waals surface area contributed by atoms with Gasteiger partial charge in [0.1, 0.15) is 17.2 Å². The van der Waals surface area contributed by atoms with Gasteiger partial charge in [-0.15, -0.1) is 0 Å². The molecule has 0 saturated carbocycles. The van der Waals surface area contributed by atoms with Gasteiger partial charge in [0, 0.05) is 19.1 Å². The maximum absolute atomic E-state index is 13.9. The molecule has 1 atom stereocenters. The van der Waals surface area contributed by atoms with Crippen LogP contribution >= 0.6 is 0 Å². The first-order valence-electron chi connectivity index (χ1n) is 12.5. The van der Waals surface area contributed by atoms with E-state index in [0.29, 0.717) is 17.9 Å². The van der Waals surface area contributed by atoms with Crippen LogP contribution in [0.2, 0.25) is 0 Å². The molecular formula is C31H37N3O. The standard InChI is InChI=1S/C31H35N3O.H2/c1-6-26(22-14-10-8-11-15-22)32-30(35)28-27(23-18-20-25(21-19-23)31(3,4)5)33-29(34(28)7-2)24-16-12-9-13-17-24;/h8-21,26H,6-7H2,1-5H3,(H,32,35);1H/t26-;/m0./s1. The number of hydrogen-bond acceptors (Lipinski definition) is 2. The van der Waals surface area contributed by atoms with Crippen LogP contribution in [-0.4, -0.2) is 15.5 Å². The third-order valence-corrected chi connectivity index (χ3v) is 6.47. The largest absolute Gasteiger partial charge is 0.344 e. The highest BCUT2D eigenvalue weighted by atomic mass is 16.2. The van der Waals surface area contributed by atoms with E-state index in [2.05, 4.69) is 76.3 Å². The Morgan fingerprint density at radius 2 is 1.49 bits per heavy atom. The van der Waals surface area contributed by atoms with E-state index >= 15 is 0 Å². The first-order valence-corrected chi connectivity index (χ1v) is 12.5. The Balaban J connectivity index is 0.00000361. The lowest BCUT2D eigenvalue weighted by Crippen LogP contribution is -2.30. The Labute approximate surface area is 210 Å². The quantitative estimate of drug-likeness (QED) is 0.303. The van der Waals surface area contributed by atoms with Gasteiger partial charge in [-0.2, -0.15) is 0 Å². The molecule has 0 unspecified atom stereocenters. The number of hydrogen-bond donors (Lipinski definition) is 1. The van der Waals surface area contributed by atoms with Crippen molar-refractivity contribution >= 4 is 5.91 Å². The molecule has 4 aromatic rings. The fourth-order valence-electron chi connectivity index (χ4n) is 4.46. The van der Waals surface area contributed by atoms with Crippen LogP contribution in [0.4, 0.5) is 0 Å². The minimum atomic E-state index is -0.105. The molecule has 1 N–H and O–H groups in total. The van der Waals surface area contributed by atoms with Crippen molar-refractivity contribution in [2.24, 2.45) is 0 Å². The summed E-state index contributed by atoms with van der Waals surface area (Å²) in [4.78, 5) is 18.9. The lowest BCUT2D eigenvalue weighted by Gasteiger charge is -2.20. The highest BCUT2D eigenvalue weighted by molar-refractivity contribution is 5.99. The molecule has 4 rings (SSSR count). The first kappa shape index (κ1) is 24.5. The minimum absolute atomic E-state index is 0. The highest BCUT2D eigenvalue weighted by Gasteiger charge is 2.26. The van der Waals surface area contributed by atoms with Crippen LogP contribution in [0.5, 0.6) is 0 Å². The minimum Gasteiger partial charge on any atom is -0.344 e. The summed E-state index contributed by atoms with van der Waals surface area (Å²) in [5.74, 6) is 0.702. The van der Waals surface area contributed by atoms with E-state index in [1.807, 2.05) is 53.1 Å². The number of aromatic nitrogens is 2. The second kappa shape index (κ2) is 10.3. The van der Waals surface area contributed by atoms with Crippen molar-refractivity contribution in [3.8, 4) is 22.6 Å². The monoisotopic (exact) mass is 467 g/mol. The zero-order chi connectivity index (χ0) is 25.0. The van der Waals surface area contributed by atoms with Gasteiger partial charge in [0.25, 0.3) is 5.91 Å². The molecule has 0 radical (unpaired) electrons. The van der Waals surface area contributed by atoms with Gasteiger partial charge in [-0.1, -0.05) is 113 Å². The van der Waals surface area contributed by atoms with Gasteiger partial charge >= 0.3 is 0 Å². The Morgan fingerprint density at radius 1 is 0.886 bits per heavy atom. The molecule has 1 aromatic heterocycles. The summed E-state index contributed by atoms with van der Waals surface area (Å²) >= 11 is 0. The van der Waals surface area contributed by atoms with Gasteiger partial charge < -0.3 is 9.88 Å². The van der Waals surface area contributed by atoms with E-state index in [1.54, 1.807) is 0 Å². The molecule has 4 nitrogen and oxygen atoms in total. The van der Waals surface area contributed by atoms with Crippen molar-refractivity contribution < 1.29 is 6.22 Å². The summed E-state index contributed by atoms with van der Waals surface area (Å²) < 4.78 is 2.04. The molecule has 4 heteroatoms. The fraction of sp³-hybridized carbons (Fsp3) is 0.290. The lowest BCUT2D eigenvalue weighted by atomic mass is 9.86. The Morgan fingerprint density at radius 3 is 2.03 bits per heavy atom. The van der Waals surface area contributed by atoms with Gasteiger partial charge in [0.05, 0.1) is 6.04 Å². The average Bonchev–Trinajstić information content (AvgIpc) is 3.27. The van der Waals surface area contributed by atoms with Crippen LogP contribution < -0.4 is 5.32 Å². The number of carbonyl (C=O) groups is 1. The zero-order valence-corrected chi connectivity index (χ0v) is 21.4. The third-order valence-electron chi connectivity index (χ3n) is 6.47. The number of carbonyl (C=O) groups excluding carboxylic acids is 1. The predicted molar refractivity (Wildman–Crippen MR) is 147 cm³/mol. The Bertz CT molecular complexity index is 1270. The predicted octanol–water partition coefficient (Wildman–Crippen LogP) is 7.66. The SMILES string of the molecule is CC[C@H](NC(=O)c1c(-c2ccc(C(C)(C)C)cc2)nc(-c2ccccc2)n1CC)c1ccccc1.[HH]. The molecule has 182 valence electrons. The van der Waals surface area contributed by atoms with E-state index in [4.69, 9.17) is 4.98 Å². The second-order valence-electron chi connectivity index (χ2n) is 9.92. The van der Waals surface area contributed by atoms with Crippen molar-refractivity contribution in [2.45, 2.75) is 59.0 Å². The molecule has 3 aromatic carbocycles. The van der Waals surface area contributed by atoms with Crippen LogP contribution in [0, 0.1) is 0 Å². The van der Waals surface area contributed by atoms with Crippen LogP contribution in [-0.2, 0) is 12.0 Å². The normalized spacial score (nSPS) is 12.4. The summed E-state index contributed by atoms with van der Waals surface area (Å²) in [6.07, 6.45) is 0.803. The van der Waals surface area contributed by atoms with Gasteiger partial charge in [0.15, 0.2) is 0 Å². The summed E-state index contributed by atoms with van der Waals surface area (Å²) in [5.41, 5.74) is 5.67. The molecule has 0 saturated heterocycles. The molecular weight excluding hydrogens is 430 g/mol.